The first-order valence-corrected chi connectivity index (χ1v) is 9.70. The molecule has 0 amide bonds. The highest BCUT2D eigenvalue weighted by atomic mass is 35.5. The molecule has 0 aliphatic carbocycles. The molecule has 0 fully saturated rings. The zero-order chi connectivity index (χ0) is 19.1. The lowest BCUT2D eigenvalue weighted by Crippen LogP contribution is -2.08. The van der Waals surface area contributed by atoms with Crippen LogP contribution < -0.4 is 4.74 Å². The van der Waals surface area contributed by atoms with Crippen LogP contribution in [0.15, 0.2) is 72.8 Å². The Morgan fingerprint density at radius 2 is 1.41 bits per heavy atom. The molecular weight excluding hydrogens is 356 g/mol. The third kappa shape index (κ3) is 5.45. The van der Waals surface area contributed by atoms with Crippen LogP contribution in [0.25, 0.3) is 11.1 Å². The second-order valence-corrected chi connectivity index (χ2v) is 7.01. The maximum atomic E-state index is 12.3. The van der Waals surface area contributed by atoms with Crippen molar-refractivity contribution < 1.29 is 9.53 Å². The summed E-state index contributed by atoms with van der Waals surface area (Å²) in [5, 5.41) is 0.607. The van der Waals surface area contributed by atoms with E-state index in [1.807, 2.05) is 12.1 Å². The predicted molar refractivity (Wildman–Crippen MR) is 112 cm³/mol. The molecule has 0 bridgehead atoms. The van der Waals surface area contributed by atoms with Crippen LogP contribution in [0.5, 0.6) is 5.75 Å². The number of unbranched alkanes of at least 4 members (excludes halogenated alkanes) is 2. The SMILES string of the molecule is CCCCCc1ccc(-c2ccc(C(=O)Oc3ccc(Cl)cc3)cc2)cc1. The van der Waals surface area contributed by atoms with Gasteiger partial charge in [-0.2, -0.15) is 0 Å². The van der Waals surface area contributed by atoms with Crippen molar-refractivity contribution in [2.24, 2.45) is 0 Å². The Hall–Kier alpha value is -2.58. The molecule has 3 aromatic rings. The van der Waals surface area contributed by atoms with E-state index in [4.69, 9.17) is 16.3 Å². The lowest BCUT2D eigenvalue weighted by Gasteiger charge is -2.07. The van der Waals surface area contributed by atoms with Gasteiger partial charge in [0.15, 0.2) is 0 Å². The molecule has 0 aliphatic heterocycles. The molecule has 3 aromatic carbocycles. The van der Waals surface area contributed by atoms with Crippen molar-refractivity contribution in [2.75, 3.05) is 0 Å². The first-order chi connectivity index (χ1) is 13.2. The van der Waals surface area contributed by atoms with Crippen molar-refractivity contribution in [1.29, 1.82) is 0 Å². The van der Waals surface area contributed by atoms with Gasteiger partial charge in [-0.3, -0.25) is 0 Å². The standard InChI is InChI=1S/C24H23ClO2/c1-2-3-4-5-18-6-8-19(9-7-18)20-10-12-21(13-11-20)24(26)27-23-16-14-22(25)15-17-23/h6-17H,2-5H2,1H3. The van der Waals surface area contributed by atoms with Crippen molar-refractivity contribution in [3.8, 4) is 16.9 Å². The van der Waals surface area contributed by atoms with Crippen LogP contribution in [0.4, 0.5) is 0 Å². The molecule has 138 valence electrons. The van der Waals surface area contributed by atoms with E-state index in [1.54, 1.807) is 36.4 Å². The molecule has 0 atom stereocenters. The molecule has 27 heavy (non-hydrogen) atoms. The normalized spacial score (nSPS) is 10.6. The van der Waals surface area contributed by atoms with E-state index >= 15 is 0 Å². The van der Waals surface area contributed by atoms with E-state index in [0.29, 0.717) is 16.3 Å². The molecule has 0 heterocycles. The maximum absolute atomic E-state index is 12.3. The molecule has 0 spiro atoms. The summed E-state index contributed by atoms with van der Waals surface area (Å²) >= 11 is 5.84. The summed E-state index contributed by atoms with van der Waals surface area (Å²) in [5.74, 6) is 0.0993. The van der Waals surface area contributed by atoms with Crippen LogP contribution >= 0.6 is 11.6 Å². The molecule has 0 saturated heterocycles. The second kappa shape index (κ2) is 9.38. The number of hydrogen-bond acceptors (Lipinski definition) is 2. The number of hydrogen-bond donors (Lipinski definition) is 0. The van der Waals surface area contributed by atoms with Gasteiger partial charge in [-0.1, -0.05) is 67.8 Å². The number of ether oxygens (including phenoxy) is 1. The highest BCUT2D eigenvalue weighted by molar-refractivity contribution is 6.30. The Morgan fingerprint density at radius 1 is 0.815 bits per heavy atom. The van der Waals surface area contributed by atoms with Gasteiger partial charge < -0.3 is 4.74 Å². The number of aryl methyl sites for hydroxylation is 1. The lowest BCUT2D eigenvalue weighted by molar-refractivity contribution is 0.0735. The first-order valence-electron chi connectivity index (χ1n) is 9.33. The quantitative estimate of drug-likeness (QED) is 0.252. The van der Waals surface area contributed by atoms with Crippen molar-refractivity contribution in [3.63, 3.8) is 0 Å². The van der Waals surface area contributed by atoms with Crippen molar-refractivity contribution in [2.45, 2.75) is 32.6 Å². The van der Waals surface area contributed by atoms with Gasteiger partial charge in [0.1, 0.15) is 5.75 Å². The van der Waals surface area contributed by atoms with Gasteiger partial charge in [0.25, 0.3) is 0 Å². The minimum absolute atomic E-state index is 0.379. The molecule has 0 saturated carbocycles. The molecule has 0 aromatic heterocycles. The van der Waals surface area contributed by atoms with Crippen LogP contribution in [-0.2, 0) is 6.42 Å². The van der Waals surface area contributed by atoms with Gasteiger partial charge in [-0.15, -0.1) is 0 Å². The molecular formula is C24H23ClO2. The van der Waals surface area contributed by atoms with Gasteiger partial charge in [-0.25, -0.2) is 4.79 Å². The minimum Gasteiger partial charge on any atom is -0.423 e. The molecule has 2 nitrogen and oxygen atoms in total. The summed E-state index contributed by atoms with van der Waals surface area (Å²) in [6.45, 7) is 2.22. The molecule has 0 N–H and O–H groups in total. The van der Waals surface area contributed by atoms with Crippen LogP contribution in [-0.4, -0.2) is 5.97 Å². The Morgan fingerprint density at radius 3 is 2.00 bits per heavy atom. The van der Waals surface area contributed by atoms with E-state index in [-0.39, 0.29) is 5.97 Å². The molecule has 3 heteroatoms. The van der Waals surface area contributed by atoms with E-state index in [0.717, 1.165) is 17.5 Å². The Labute approximate surface area is 165 Å². The van der Waals surface area contributed by atoms with Gasteiger partial charge in [0, 0.05) is 5.02 Å². The minimum atomic E-state index is -0.379. The van der Waals surface area contributed by atoms with Crippen LogP contribution in [0, 0.1) is 0 Å². The number of carbonyl (C=O) groups excluding carboxylic acids is 1. The fraction of sp³-hybridized carbons (Fsp3) is 0.208. The number of carbonyl (C=O) groups is 1. The Kier molecular flexibility index (Phi) is 6.67. The Balaban J connectivity index is 1.64. The van der Waals surface area contributed by atoms with Crippen LogP contribution in [0.2, 0.25) is 5.02 Å². The summed E-state index contributed by atoms with van der Waals surface area (Å²) in [5.41, 5.74) is 4.12. The topological polar surface area (TPSA) is 26.3 Å². The maximum Gasteiger partial charge on any atom is 0.343 e. The summed E-state index contributed by atoms with van der Waals surface area (Å²) in [7, 11) is 0. The number of benzene rings is 3. The van der Waals surface area contributed by atoms with Crippen molar-refractivity contribution in [1.82, 2.24) is 0 Å². The molecule has 0 radical (unpaired) electrons. The van der Waals surface area contributed by atoms with Gasteiger partial charge in [-0.05, 0) is 65.9 Å². The fourth-order valence-electron chi connectivity index (χ4n) is 2.91. The van der Waals surface area contributed by atoms with Crippen LogP contribution in [0.3, 0.4) is 0 Å². The zero-order valence-corrected chi connectivity index (χ0v) is 16.2. The summed E-state index contributed by atoms with van der Waals surface area (Å²) < 4.78 is 5.37. The average molecular weight is 379 g/mol. The largest absolute Gasteiger partial charge is 0.423 e. The highest BCUT2D eigenvalue weighted by Crippen LogP contribution is 2.22. The van der Waals surface area contributed by atoms with Crippen molar-refractivity contribution >= 4 is 17.6 Å². The van der Waals surface area contributed by atoms with Gasteiger partial charge >= 0.3 is 5.97 Å². The summed E-state index contributed by atoms with van der Waals surface area (Å²) in [4.78, 5) is 12.3. The third-order valence-corrected chi connectivity index (χ3v) is 4.75. The Bertz CT molecular complexity index is 866. The van der Waals surface area contributed by atoms with Gasteiger partial charge in [0.2, 0.25) is 0 Å². The average Bonchev–Trinajstić information content (AvgIpc) is 2.70. The van der Waals surface area contributed by atoms with Crippen LogP contribution in [0.1, 0.15) is 42.1 Å². The monoisotopic (exact) mass is 378 g/mol. The summed E-state index contributed by atoms with van der Waals surface area (Å²) in [6, 6.07) is 22.9. The van der Waals surface area contributed by atoms with Gasteiger partial charge in [0.05, 0.1) is 5.56 Å². The van der Waals surface area contributed by atoms with E-state index in [1.165, 1.54) is 24.8 Å². The van der Waals surface area contributed by atoms with E-state index in [2.05, 4.69) is 31.2 Å². The molecule has 0 unspecified atom stereocenters. The highest BCUT2D eigenvalue weighted by Gasteiger charge is 2.09. The molecule has 3 rings (SSSR count). The van der Waals surface area contributed by atoms with E-state index in [9.17, 15) is 4.79 Å². The van der Waals surface area contributed by atoms with Crippen molar-refractivity contribution in [3.05, 3.63) is 88.9 Å². The number of esters is 1. The summed E-state index contributed by atoms with van der Waals surface area (Å²) in [6.07, 6.45) is 4.88. The predicted octanol–water partition coefficient (Wildman–Crippen LogP) is 6.96. The third-order valence-electron chi connectivity index (χ3n) is 4.50. The van der Waals surface area contributed by atoms with E-state index < -0.39 is 0 Å². The smallest absolute Gasteiger partial charge is 0.343 e. The first kappa shape index (κ1) is 19.2. The number of halogens is 1. The number of rotatable bonds is 7. The second-order valence-electron chi connectivity index (χ2n) is 6.57. The fourth-order valence-corrected chi connectivity index (χ4v) is 3.04. The lowest BCUT2D eigenvalue weighted by atomic mass is 10.0. The molecule has 0 aliphatic rings. The zero-order valence-electron chi connectivity index (χ0n) is 15.5.